The van der Waals surface area contributed by atoms with Gasteiger partial charge in [-0.3, -0.25) is 14.2 Å². The molecule has 0 aliphatic rings. The molecule has 1 heterocycles. The van der Waals surface area contributed by atoms with Crippen molar-refractivity contribution in [3.63, 3.8) is 0 Å². The standard InChI is InChI=1S/C26H26N4O2/c1-19(29(3)25(31)17-28(2)26(32)21-9-5-4-6-10-21)20-13-15-22(16-14-20)30-18-27-23-11-7-8-12-24(23)30/h4-16,18-19H,17H2,1-3H3. The maximum Gasteiger partial charge on any atom is 0.254 e. The van der Waals surface area contributed by atoms with Crippen LogP contribution in [-0.4, -0.2) is 51.8 Å². The molecule has 0 aliphatic heterocycles. The Kier molecular flexibility index (Phi) is 6.03. The number of nitrogens with zero attached hydrogens (tertiary/aromatic N) is 4. The first kappa shape index (κ1) is 21.3. The molecule has 0 bridgehead atoms. The predicted octanol–water partition coefficient (Wildman–Crippen LogP) is 4.32. The lowest BCUT2D eigenvalue weighted by molar-refractivity contribution is -0.132. The molecule has 0 saturated heterocycles. The molecule has 0 N–H and O–H groups in total. The Hall–Kier alpha value is -3.93. The van der Waals surface area contributed by atoms with Gasteiger partial charge in [0.2, 0.25) is 5.91 Å². The lowest BCUT2D eigenvalue weighted by atomic mass is 10.1. The summed E-state index contributed by atoms with van der Waals surface area (Å²) >= 11 is 0. The minimum Gasteiger partial charge on any atom is -0.337 e. The van der Waals surface area contributed by atoms with Gasteiger partial charge in [0, 0.05) is 25.3 Å². The van der Waals surface area contributed by atoms with Crippen LogP contribution in [0.15, 0.2) is 85.2 Å². The van der Waals surface area contributed by atoms with Gasteiger partial charge >= 0.3 is 0 Å². The number of aromatic nitrogens is 2. The van der Waals surface area contributed by atoms with Crippen molar-refractivity contribution in [2.24, 2.45) is 0 Å². The number of benzene rings is 3. The molecule has 162 valence electrons. The summed E-state index contributed by atoms with van der Waals surface area (Å²) in [6.45, 7) is 2.01. The Balaban J connectivity index is 1.43. The second-order valence-electron chi connectivity index (χ2n) is 7.90. The third-order valence-corrected chi connectivity index (χ3v) is 5.82. The molecule has 1 atom stereocenters. The van der Waals surface area contributed by atoms with E-state index in [4.69, 9.17) is 0 Å². The van der Waals surface area contributed by atoms with Crippen molar-refractivity contribution in [1.82, 2.24) is 19.4 Å². The summed E-state index contributed by atoms with van der Waals surface area (Å²) in [5, 5.41) is 0. The van der Waals surface area contributed by atoms with E-state index in [0.717, 1.165) is 22.3 Å². The fourth-order valence-electron chi connectivity index (χ4n) is 3.71. The molecule has 0 spiro atoms. The largest absolute Gasteiger partial charge is 0.337 e. The Morgan fingerprint density at radius 3 is 2.28 bits per heavy atom. The average Bonchev–Trinajstić information content (AvgIpc) is 3.27. The quantitative estimate of drug-likeness (QED) is 0.461. The number of likely N-dealkylation sites (N-methyl/N-ethyl adjacent to an activating group) is 2. The summed E-state index contributed by atoms with van der Waals surface area (Å²) in [4.78, 5) is 32.9. The summed E-state index contributed by atoms with van der Waals surface area (Å²) in [5.41, 5.74) is 4.60. The molecule has 6 nitrogen and oxygen atoms in total. The lowest BCUT2D eigenvalue weighted by Gasteiger charge is -2.28. The van der Waals surface area contributed by atoms with E-state index in [-0.39, 0.29) is 24.4 Å². The Labute approximate surface area is 187 Å². The predicted molar refractivity (Wildman–Crippen MR) is 126 cm³/mol. The van der Waals surface area contributed by atoms with Crippen molar-refractivity contribution in [2.75, 3.05) is 20.6 Å². The second-order valence-corrected chi connectivity index (χ2v) is 7.90. The second kappa shape index (κ2) is 9.06. The highest BCUT2D eigenvalue weighted by molar-refractivity contribution is 5.96. The van der Waals surface area contributed by atoms with Crippen molar-refractivity contribution in [3.05, 3.63) is 96.3 Å². The number of fused-ring (bicyclic) bond motifs is 1. The number of imidazole rings is 1. The van der Waals surface area contributed by atoms with Crippen LogP contribution < -0.4 is 0 Å². The SMILES string of the molecule is CC(c1ccc(-n2cnc3ccccc32)cc1)N(C)C(=O)CN(C)C(=O)c1ccccc1. The van der Waals surface area contributed by atoms with Gasteiger partial charge in [0.1, 0.15) is 6.33 Å². The topological polar surface area (TPSA) is 58.4 Å². The molecule has 32 heavy (non-hydrogen) atoms. The average molecular weight is 427 g/mol. The van der Waals surface area contributed by atoms with Gasteiger partial charge in [-0.15, -0.1) is 0 Å². The summed E-state index contributed by atoms with van der Waals surface area (Å²) in [7, 11) is 3.42. The van der Waals surface area contributed by atoms with E-state index in [9.17, 15) is 9.59 Å². The molecule has 6 heteroatoms. The van der Waals surface area contributed by atoms with Crippen LogP contribution in [0.25, 0.3) is 16.7 Å². The van der Waals surface area contributed by atoms with E-state index in [1.54, 1.807) is 31.1 Å². The maximum atomic E-state index is 12.8. The molecule has 0 fully saturated rings. The van der Waals surface area contributed by atoms with E-state index in [1.165, 1.54) is 4.90 Å². The summed E-state index contributed by atoms with van der Waals surface area (Å²) in [6, 6.07) is 25.0. The maximum absolute atomic E-state index is 12.8. The van der Waals surface area contributed by atoms with Gasteiger partial charge in [0.05, 0.1) is 23.6 Å². The molecule has 0 radical (unpaired) electrons. The Bertz CT molecular complexity index is 1230. The van der Waals surface area contributed by atoms with Gasteiger partial charge in [-0.1, -0.05) is 42.5 Å². The fraction of sp³-hybridized carbons (Fsp3) is 0.192. The van der Waals surface area contributed by atoms with Crippen molar-refractivity contribution >= 4 is 22.8 Å². The number of carbonyl (C=O) groups excluding carboxylic acids is 2. The molecule has 4 aromatic rings. The zero-order chi connectivity index (χ0) is 22.7. The van der Waals surface area contributed by atoms with Crippen LogP contribution in [0.4, 0.5) is 0 Å². The summed E-state index contributed by atoms with van der Waals surface area (Å²) in [6.07, 6.45) is 1.82. The van der Waals surface area contributed by atoms with Crippen LogP contribution in [0, 0.1) is 0 Å². The molecule has 1 unspecified atom stereocenters. The molecule has 2 amide bonds. The van der Waals surface area contributed by atoms with Crippen LogP contribution in [0.5, 0.6) is 0 Å². The van der Waals surface area contributed by atoms with Crippen LogP contribution in [0.1, 0.15) is 28.9 Å². The van der Waals surface area contributed by atoms with Crippen molar-refractivity contribution in [3.8, 4) is 5.69 Å². The third kappa shape index (κ3) is 4.25. The molecule has 0 saturated carbocycles. The number of hydrogen-bond acceptors (Lipinski definition) is 3. The molecule has 3 aromatic carbocycles. The van der Waals surface area contributed by atoms with E-state index in [2.05, 4.69) is 4.98 Å². The van der Waals surface area contributed by atoms with Crippen molar-refractivity contribution in [2.45, 2.75) is 13.0 Å². The zero-order valence-electron chi connectivity index (χ0n) is 18.5. The van der Waals surface area contributed by atoms with E-state index >= 15 is 0 Å². The van der Waals surface area contributed by atoms with Crippen LogP contribution in [-0.2, 0) is 4.79 Å². The molecule has 1 aromatic heterocycles. The Morgan fingerprint density at radius 1 is 0.906 bits per heavy atom. The highest BCUT2D eigenvalue weighted by Gasteiger charge is 2.21. The molecular formula is C26H26N4O2. The zero-order valence-corrected chi connectivity index (χ0v) is 18.5. The van der Waals surface area contributed by atoms with Gasteiger partial charge < -0.3 is 9.80 Å². The first-order chi connectivity index (χ1) is 15.5. The Morgan fingerprint density at radius 2 is 1.56 bits per heavy atom. The van der Waals surface area contributed by atoms with Gasteiger partial charge in [-0.25, -0.2) is 4.98 Å². The van der Waals surface area contributed by atoms with Gasteiger partial charge in [-0.2, -0.15) is 0 Å². The number of carbonyl (C=O) groups is 2. The van der Waals surface area contributed by atoms with Gasteiger partial charge in [0.25, 0.3) is 5.91 Å². The van der Waals surface area contributed by atoms with Crippen LogP contribution in [0.3, 0.4) is 0 Å². The normalized spacial score (nSPS) is 11.8. The van der Waals surface area contributed by atoms with Gasteiger partial charge in [0.15, 0.2) is 0 Å². The third-order valence-electron chi connectivity index (χ3n) is 5.82. The molecule has 0 aliphatic carbocycles. The minimum atomic E-state index is -0.170. The van der Waals surface area contributed by atoms with E-state index < -0.39 is 0 Å². The molecule has 4 rings (SSSR count). The first-order valence-electron chi connectivity index (χ1n) is 10.5. The smallest absolute Gasteiger partial charge is 0.254 e. The fourth-order valence-corrected chi connectivity index (χ4v) is 3.71. The van der Waals surface area contributed by atoms with Crippen molar-refractivity contribution < 1.29 is 9.59 Å². The number of amides is 2. The first-order valence-corrected chi connectivity index (χ1v) is 10.5. The molecular weight excluding hydrogens is 400 g/mol. The number of para-hydroxylation sites is 2. The highest BCUT2D eigenvalue weighted by Crippen LogP contribution is 2.23. The minimum absolute atomic E-state index is 0.0215. The van der Waals surface area contributed by atoms with Crippen LogP contribution >= 0.6 is 0 Å². The summed E-state index contributed by atoms with van der Waals surface area (Å²) < 4.78 is 2.04. The van der Waals surface area contributed by atoms with Crippen LogP contribution in [0.2, 0.25) is 0 Å². The lowest BCUT2D eigenvalue weighted by Crippen LogP contribution is -2.40. The highest BCUT2D eigenvalue weighted by atomic mass is 16.2. The summed E-state index contributed by atoms with van der Waals surface area (Å²) in [5.74, 6) is -0.286. The van der Waals surface area contributed by atoms with E-state index in [1.807, 2.05) is 84.5 Å². The van der Waals surface area contributed by atoms with Crippen molar-refractivity contribution in [1.29, 1.82) is 0 Å². The van der Waals surface area contributed by atoms with Gasteiger partial charge in [-0.05, 0) is 48.9 Å². The number of hydrogen-bond donors (Lipinski definition) is 0. The van der Waals surface area contributed by atoms with E-state index in [0.29, 0.717) is 5.56 Å². The monoisotopic (exact) mass is 426 g/mol. The number of rotatable bonds is 6.